The Hall–Kier alpha value is -0.280. The maximum Gasteiger partial charge on any atom is 0.237 e. The molecule has 0 bridgehead atoms. The molecule has 0 spiro atoms. The lowest BCUT2D eigenvalue weighted by Crippen LogP contribution is -2.41. The van der Waals surface area contributed by atoms with Crippen LogP contribution in [0.15, 0.2) is 0 Å². The number of halogens is 1. The molecular weight excluding hydrogens is 176 g/mol. The number of amides is 1. The van der Waals surface area contributed by atoms with Crippen LogP contribution >= 0.6 is 12.4 Å². The van der Waals surface area contributed by atoms with E-state index in [9.17, 15) is 4.79 Å². The number of likely N-dealkylation sites (N-methyl/N-ethyl adjacent to an activating group) is 1. The number of rotatable bonds is 1. The molecule has 3 nitrogen and oxygen atoms in total. The Morgan fingerprint density at radius 3 is 2.67 bits per heavy atom. The van der Waals surface area contributed by atoms with Gasteiger partial charge in [-0.05, 0) is 33.4 Å². The van der Waals surface area contributed by atoms with Crippen LogP contribution < -0.4 is 5.32 Å². The maximum atomic E-state index is 11.3. The van der Waals surface area contributed by atoms with E-state index in [0.717, 1.165) is 25.8 Å². The van der Waals surface area contributed by atoms with Crippen LogP contribution in [0.4, 0.5) is 0 Å². The molecule has 1 amide bonds. The lowest BCUT2D eigenvalue weighted by Gasteiger charge is -2.20. The van der Waals surface area contributed by atoms with Crippen LogP contribution in [0.2, 0.25) is 0 Å². The summed E-state index contributed by atoms with van der Waals surface area (Å²) < 4.78 is 0. The van der Waals surface area contributed by atoms with Gasteiger partial charge in [0.1, 0.15) is 0 Å². The Kier molecular flexibility index (Phi) is 5.25. The molecule has 1 unspecified atom stereocenters. The van der Waals surface area contributed by atoms with Crippen molar-refractivity contribution in [2.45, 2.75) is 25.3 Å². The highest BCUT2D eigenvalue weighted by Crippen LogP contribution is 2.08. The summed E-state index contributed by atoms with van der Waals surface area (Å²) in [7, 11) is 3.91. The van der Waals surface area contributed by atoms with Crippen molar-refractivity contribution in [3.63, 3.8) is 0 Å². The van der Waals surface area contributed by atoms with Crippen molar-refractivity contribution in [1.29, 1.82) is 0 Å². The Labute approximate surface area is 79.9 Å². The highest BCUT2D eigenvalue weighted by molar-refractivity contribution is 5.85. The third-order valence-electron chi connectivity index (χ3n) is 2.13. The van der Waals surface area contributed by atoms with Crippen molar-refractivity contribution < 1.29 is 4.79 Å². The Bertz CT molecular complexity index is 150. The molecule has 1 aliphatic rings. The van der Waals surface area contributed by atoms with E-state index in [2.05, 4.69) is 5.32 Å². The Morgan fingerprint density at radius 2 is 2.08 bits per heavy atom. The topological polar surface area (TPSA) is 32.3 Å². The molecule has 0 aromatic heterocycles. The minimum absolute atomic E-state index is 0. The quantitative estimate of drug-likeness (QED) is 0.662. The van der Waals surface area contributed by atoms with Crippen LogP contribution in [-0.2, 0) is 4.79 Å². The van der Waals surface area contributed by atoms with Crippen molar-refractivity contribution in [3.05, 3.63) is 0 Å². The lowest BCUT2D eigenvalue weighted by molar-refractivity contribution is -0.125. The smallest absolute Gasteiger partial charge is 0.237 e. The molecule has 72 valence electrons. The van der Waals surface area contributed by atoms with Crippen LogP contribution in [-0.4, -0.2) is 37.5 Å². The monoisotopic (exact) mass is 192 g/mol. The SMILES string of the molecule is CN(C)C1CCCCNC1=O.Cl. The van der Waals surface area contributed by atoms with Crippen molar-refractivity contribution in [2.75, 3.05) is 20.6 Å². The van der Waals surface area contributed by atoms with Crippen LogP contribution in [0.5, 0.6) is 0 Å². The standard InChI is InChI=1S/C8H16N2O.ClH/c1-10(2)7-5-3-4-6-9-8(7)11;/h7H,3-6H2,1-2H3,(H,9,11);1H. The summed E-state index contributed by atoms with van der Waals surface area (Å²) in [5.41, 5.74) is 0. The molecule has 1 fully saturated rings. The van der Waals surface area contributed by atoms with E-state index in [1.807, 2.05) is 19.0 Å². The molecular formula is C8H17ClN2O. The minimum Gasteiger partial charge on any atom is -0.355 e. The molecule has 1 atom stereocenters. The molecule has 1 N–H and O–H groups in total. The molecule has 12 heavy (non-hydrogen) atoms. The lowest BCUT2D eigenvalue weighted by atomic mass is 10.1. The van der Waals surface area contributed by atoms with E-state index < -0.39 is 0 Å². The van der Waals surface area contributed by atoms with Gasteiger partial charge in [-0.25, -0.2) is 0 Å². The molecule has 1 heterocycles. The highest BCUT2D eigenvalue weighted by Gasteiger charge is 2.21. The van der Waals surface area contributed by atoms with Gasteiger partial charge in [-0.15, -0.1) is 12.4 Å². The average Bonchev–Trinajstić information content (AvgIpc) is 2.13. The summed E-state index contributed by atoms with van der Waals surface area (Å²) in [6.45, 7) is 0.850. The molecule has 1 saturated heterocycles. The third kappa shape index (κ3) is 2.99. The van der Waals surface area contributed by atoms with E-state index >= 15 is 0 Å². The van der Waals surface area contributed by atoms with E-state index in [1.165, 1.54) is 0 Å². The first kappa shape index (κ1) is 11.7. The molecule has 0 radical (unpaired) electrons. The number of carbonyl (C=O) groups excluding carboxylic acids is 1. The Morgan fingerprint density at radius 1 is 1.42 bits per heavy atom. The fourth-order valence-electron chi connectivity index (χ4n) is 1.42. The van der Waals surface area contributed by atoms with Gasteiger partial charge < -0.3 is 5.32 Å². The number of nitrogens with zero attached hydrogens (tertiary/aromatic N) is 1. The summed E-state index contributed by atoms with van der Waals surface area (Å²) in [5.74, 6) is 0.188. The first-order valence-electron chi connectivity index (χ1n) is 4.16. The van der Waals surface area contributed by atoms with Gasteiger partial charge in [-0.1, -0.05) is 0 Å². The summed E-state index contributed by atoms with van der Waals surface area (Å²) in [5, 5.41) is 2.90. The molecule has 0 aromatic carbocycles. The summed E-state index contributed by atoms with van der Waals surface area (Å²) in [4.78, 5) is 13.3. The van der Waals surface area contributed by atoms with E-state index in [4.69, 9.17) is 0 Å². The first-order chi connectivity index (χ1) is 5.22. The van der Waals surface area contributed by atoms with Gasteiger partial charge >= 0.3 is 0 Å². The zero-order valence-corrected chi connectivity index (χ0v) is 8.49. The zero-order chi connectivity index (χ0) is 8.27. The van der Waals surface area contributed by atoms with Crippen molar-refractivity contribution >= 4 is 18.3 Å². The predicted molar refractivity (Wildman–Crippen MR) is 51.6 cm³/mol. The van der Waals surface area contributed by atoms with E-state index in [-0.39, 0.29) is 24.4 Å². The second kappa shape index (κ2) is 5.38. The first-order valence-corrected chi connectivity index (χ1v) is 4.16. The number of hydrogen-bond donors (Lipinski definition) is 1. The molecule has 0 aromatic rings. The van der Waals surface area contributed by atoms with Crippen LogP contribution in [0, 0.1) is 0 Å². The number of hydrogen-bond acceptors (Lipinski definition) is 2. The van der Waals surface area contributed by atoms with Gasteiger partial charge in [0.2, 0.25) is 5.91 Å². The van der Waals surface area contributed by atoms with Gasteiger partial charge in [-0.3, -0.25) is 9.69 Å². The molecule has 1 aliphatic heterocycles. The second-order valence-corrected chi connectivity index (χ2v) is 3.27. The summed E-state index contributed by atoms with van der Waals surface area (Å²) >= 11 is 0. The third-order valence-corrected chi connectivity index (χ3v) is 2.13. The molecule has 0 aliphatic carbocycles. The van der Waals surface area contributed by atoms with Gasteiger partial charge in [0.25, 0.3) is 0 Å². The molecule has 1 rings (SSSR count). The van der Waals surface area contributed by atoms with Gasteiger partial charge in [0.05, 0.1) is 6.04 Å². The van der Waals surface area contributed by atoms with Gasteiger partial charge in [-0.2, -0.15) is 0 Å². The molecule has 4 heteroatoms. The summed E-state index contributed by atoms with van der Waals surface area (Å²) in [6, 6.07) is 0.0949. The van der Waals surface area contributed by atoms with Crippen LogP contribution in [0.3, 0.4) is 0 Å². The van der Waals surface area contributed by atoms with E-state index in [1.54, 1.807) is 0 Å². The van der Waals surface area contributed by atoms with Crippen molar-refractivity contribution in [2.24, 2.45) is 0 Å². The van der Waals surface area contributed by atoms with Crippen molar-refractivity contribution in [1.82, 2.24) is 10.2 Å². The largest absolute Gasteiger partial charge is 0.355 e. The number of nitrogens with one attached hydrogen (secondary N) is 1. The molecule has 0 saturated carbocycles. The highest BCUT2D eigenvalue weighted by atomic mass is 35.5. The minimum atomic E-state index is 0. The normalized spacial score (nSPS) is 24.2. The van der Waals surface area contributed by atoms with Crippen LogP contribution in [0.1, 0.15) is 19.3 Å². The summed E-state index contributed by atoms with van der Waals surface area (Å²) in [6.07, 6.45) is 3.27. The predicted octanol–water partition coefficient (Wildman–Crippen LogP) is 0.638. The van der Waals surface area contributed by atoms with E-state index in [0.29, 0.717) is 0 Å². The van der Waals surface area contributed by atoms with Gasteiger partial charge in [0.15, 0.2) is 0 Å². The zero-order valence-electron chi connectivity index (χ0n) is 7.67. The average molecular weight is 193 g/mol. The fraction of sp³-hybridized carbons (Fsp3) is 0.875. The van der Waals surface area contributed by atoms with Crippen molar-refractivity contribution in [3.8, 4) is 0 Å². The maximum absolute atomic E-state index is 11.3. The fourth-order valence-corrected chi connectivity index (χ4v) is 1.42. The Balaban J connectivity index is 0.00000121. The second-order valence-electron chi connectivity index (χ2n) is 3.27. The number of carbonyl (C=O) groups is 1. The van der Waals surface area contributed by atoms with Crippen LogP contribution in [0.25, 0.3) is 0 Å². The van der Waals surface area contributed by atoms with Gasteiger partial charge in [0, 0.05) is 6.54 Å².